The number of aliphatic hydroxyl groups excluding tert-OH is 1. The first-order valence-electron chi connectivity index (χ1n) is 6.61. The third-order valence-corrected chi connectivity index (χ3v) is 3.82. The van der Waals surface area contributed by atoms with Crippen LogP contribution in [0.1, 0.15) is 17.2 Å². The van der Waals surface area contributed by atoms with Crippen LogP contribution in [0.4, 0.5) is 4.39 Å². The molecule has 106 valence electrons. The van der Waals surface area contributed by atoms with E-state index in [4.69, 9.17) is 11.6 Å². The van der Waals surface area contributed by atoms with Gasteiger partial charge in [-0.2, -0.15) is 0 Å². The predicted octanol–water partition coefficient (Wildman–Crippen LogP) is 4.30. The lowest BCUT2D eigenvalue weighted by Gasteiger charge is -2.15. The predicted molar refractivity (Wildman–Crippen MR) is 81.8 cm³/mol. The van der Waals surface area contributed by atoms with Crippen molar-refractivity contribution in [2.45, 2.75) is 12.5 Å². The lowest BCUT2D eigenvalue weighted by Crippen LogP contribution is -2.06. The second-order valence-electron chi connectivity index (χ2n) is 4.84. The molecule has 4 heteroatoms. The molecular formula is C17H13ClFNO. The summed E-state index contributed by atoms with van der Waals surface area (Å²) in [7, 11) is 0. The van der Waals surface area contributed by atoms with Crippen LogP contribution < -0.4 is 0 Å². The first-order valence-corrected chi connectivity index (χ1v) is 6.99. The molecule has 3 aromatic rings. The standard InChI is InChI=1S/C17H13ClFNO/c18-13-5-3-6-14(19)17(13)16(21)10-11-8-9-20-15-7-2-1-4-12(11)15/h1-9,16,21H,10H2. The Morgan fingerprint density at radius 2 is 1.90 bits per heavy atom. The molecule has 0 aliphatic heterocycles. The van der Waals surface area contributed by atoms with Gasteiger partial charge in [0.25, 0.3) is 0 Å². The minimum Gasteiger partial charge on any atom is -0.388 e. The number of pyridine rings is 1. The molecule has 0 saturated carbocycles. The molecule has 0 aliphatic carbocycles. The van der Waals surface area contributed by atoms with E-state index < -0.39 is 11.9 Å². The summed E-state index contributed by atoms with van der Waals surface area (Å²) in [5.74, 6) is -0.492. The van der Waals surface area contributed by atoms with Crippen molar-refractivity contribution in [2.24, 2.45) is 0 Å². The summed E-state index contributed by atoms with van der Waals surface area (Å²) in [4.78, 5) is 4.28. The van der Waals surface area contributed by atoms with Crippen LogP contribution in [-0.2, 0) is 6.42 Å². The molecule has 0 amide bonds. The largest absolute Gasteiger partial charge is 0.388 e. The Bertz CT molecular complexity index is 765. The molecule has 2 nitrogen and oxygen atoms in total. The lowest BCUT2D eigenvalue weighted by atomic mass is 9.98. The summed E-state index contributed by atoms with van der Waals surface area (Å²) in [5.41, 5.74) is 1.90. The molecule has 1 N–H and O–H groups in total. The molecule has 0 fully saturated rings. The van der Waals surface area contributed by atoms with Crippen molar-refractivity contribution in [3.63, 3.8) is 0 Å². The highest BCUT2D eigenvalue weighted by molar-refractivity contribution is 6.31. The number of para-hydroxylation sites is 1. The van der Waals surface area contributed by atoms with Crippen LogP contribution in [0, 0.1) is 5.82 Å². The molecule has 0 radical (unpaired) electrons. The summed E-state index contributed by atoms with van der Waals surface area (Å²) >= 11 is 6.00. The highest BCUT2D eigenvalue weighted by atomic mass is 35.5. The number of hydrogen-bond donors (Lipinski definition) is 1. The van der Waals surface area contributed by atoms with Crippen molar-refractivity contribution >= 4 is 22.5 Å². The maximum atomic E-state index is 13.9. The minimum absolute atomic E-state index is 0.139. The number of nitrogens with zero attached hydrogens (tertiary/aromatic N) is 1. The van der Waals surface area contributed by atoms with Gasteiger partial charge in [-0.25, -0.2) is 4.39 Å². The number of aliphatic hydroxyl groups is 1. The zero-order chi connectivity index (χ0) is 14.8. The Balaban J connectivity index is 1.99. The number of fused-ring (bicyclic) bond motifs is 1. The van der Waals surface area contributed by atoms with Gasteiger partial charge >= 0.3 is 0 Å². The van der Waals surface area contributed by atoms with Gasteiger partial charge in [0.1, 0.15) is 5.82 Å². The first-order chi connectivity index (χ1) is 10.2. The van der Waals surface area contributed by atoms with Crippen LogP contribution in [0.3, 0.4) is 0 Å². The zero-order valence-electron chi connectivity index (χ0n) is 11.1. The Labute approximate surface area is 126 Å². The van der Waals surface area contributed by atoms with E-state index in [1.165, 1.54) is 12.1 Å². The molecule has 3 rings (SSSR count). The van der Waals surface area contributed by atoms with Crippen LogP contribution in [0.15, 0.2) is 54.7 Å². The Kier molecular flexibility index (Phi) is 3.86. The fourth-order valence-corrected chi connectivity index (χ4v) is 2.76. The minimum atomic E-state index is -0.996. The highest BCUT2D eigenvalue weighted by Gasteiger charge is 2.18. The van der Waals surface area contributed by atoms with Crippen molar-refractivity contribution in [1.29, 1.82) is 0 Å². The zero-order valence-corrected chi connectivity index (χ0v) is 11.9. The highest BCUT2D eigenvalue weighted by Crippen LogP contribution is 2.29. The molecule has 1 aromatic heterocycles. The maximum absolute atomic E-state index is 13.9. The van der Waals surface area contributed by atoms with Gasteiger partial charge in [-0.15, -0.1) is 0 Å². The van der Waals surface area contributed by atoms with Gasteiger partial charge in [-0.3, -0.25) is 4.98 Å². The van der Waals surface area contributed by atoms with E-state index in [0.717, 1.165) is 16.5 Å². The van der Waals surface area contributed by atoms with Crippen LogP contribution in [0.2, 0.25) is 5.02 Å². The van der Waals surface area contributed by atoms with E-state index >= 15 is 0 Å². The molecule has 0 saturated heterocycles. The van der Waals surface area contributed by atoms with Gasteiger partial charge in [0.15, 0.2) is 0 Å². The monoisotopic (exact) mass is 301 g/mol. The number of halogens is 2. The fraction of sp³-hybridized carbons (Fsp3) is 0.118. The second kappa shape index (κ2) is 5.80. The third kappa shape index (κ3) is 2.75. The normalized spacial score (nSPS) is 12.5. The average Bonchev–Trinajstić information content (AvgIpc) is 2.47. The first kappa shape index (κ1) is 14.0. The van der Waals surface area contributed by atoms with Gasteiger partial charge < -0.3 is 5.11 Å². The van der Waals surface area contributed by atoms with Crippen molar-refractivity contribution in [3.8, 4) is 0 Å². The van der Waals surface area contributed by atoms with Crippen LogP contribution in [0.25, 0.3) is 10.9 Å². The summed E-state index contributed by atoms with van der Waals surface area (Å²) < 4.78 is 13.9. The van der Waals surface area contributed by atoms with Crippen molar-refractivity contribution in [2.75, 3.05) is 0 Å². The maximum Gasteiger partial charge on any atom is 0.130 e. The summed E-state index contributed by atoms with van der Waals surface area (Å²) in [5, 5.41) is 11.5. The molecule has 21 heavy (non-hydrogen) atoms. The van der Waals surface area contributed by atoms with Gasteiger partial charge in [-0.1, -0.05) is 35.9 Å². The summed E-state index contributed by atoms with van der Waals surface area (Å²) in [6, 6.07) is 13.9. The number of benzene rings is 2. The van der Waals surface area contributed by atoms with Crippen molar-refractivity contribution in [1.82, 2.24) is 4.98 Å². The summed E-state index contributed by atoms with van der Waals surface area (Å²) in [6.45, 7) is 0. The molecule has 0 bridgehead atoms. The van der Waals surface area contributed by atoms with Crippen LogP contribution >= 0.6 is 11.6 Å². The van der Waals surface area contributed by atoms with E-state index in [9.17, 15) is 9.50 Å². The van der Waals surface area contributed by atoms with E-state index in [1.807, 2.05) is 30.3 Å². The number of aromatic nitrogens is 1. The number of rotatable bonds is 3. The van der Waals surface area contributed by atoms with Gasteiger partial charge in [-0.05, 0) is 29.8 Å². The Hall–Kier alpha value is -1.97. The lowest BCUT2D eigenvalue weighted by molar-refractivity contribution is 0.174. The molecule has 0 spiro atoms. The SMILES string of the molecule is OC(Cc1ccnc2ccccc12)c1c(F)cccc1Cl. The van der Waals surface area contributed by atoms with Gasteiger partial charge in [0, 0.05) is 28.6 Å². The Morgan fingerprint density at radius 3 is 2.71 bits per heavy atom. The van der Waals surface area contributed by atoms with E-state index in [-0.39, 0.29) is 17.0 Å². The van der Waals surface area contributed by atoms with Gasteiger partial charge in [0.05, 0.1) is 11.6 Å². The second-order valence-corrected chi connectivity index (χ2v) is 5.25. The van der Waals surface area contributed by atoms with Crippen LogP contribution in [-0.4, -0.2) is 10.1 Å². The fourth-order valence-electron chi connectivity index (χ4n) is 2.47. The van der Waals surface area contributed by atoms with Crippen molar-refractivity contribution in [3.05, 3.63) is 76.7 Å². The smallest absolute Gasteiger partial charge is 0.130 e. The third-order valence-electron chi connectivity index (χ3n) is 3.49. The van der Waals surface area contributed by atoms with Crippen LogP contribution in [0.5, 0.6) is 0 Å². The molecule has 1 heterocycles. The van der Waals surface area contributed by atoms with E-state index in [1.54, 1.807) is 12.3 Å². The molecule has 1 atom stereocenters. The number of hydrogen-bond acceptors (Lipinski definition) is 2. The van der Waals surface area contributed by atoms with Gasteiger partial charge in [0.2, 0.25) is 0 Å². The quantitative estimate of drug-likeness (QED) is 0.782. The molecule has 2 aromatic carbocycles. The topological polar surface area (TPSA) is 33.1 Å². The van der Waals surface area contributed by atoms with E-state index in [0.29, 0.717) is 0 Å². The molecule has 1 unspecified atom stereocenters. The van der Waals surface area contributed by atoms with Crippen molar-refractivity contribution < 1.29 is 9.50 Å². The Morgan fingerprint density at radius 1 is 1.10 bits per heavy atom. The average molecular weight is 302 g/mol. The molecular weight excluding hydrogens is 289 g/mol. The van der Waals surface area contributed by atoms with E-state index in [2.05, 4.69) is 4.98 Å². The molecule has 0 aliphatic rings. The summed E-state index contributed by atoms with van der Waals surface area (Å²) in [6.07, 6.45) is 0.973.